The van der Waals surface area contributed by atoms with Gasteiger partial charge in [-0.25, -0.2) is 13.1 Å². The van der Waals surface area contributed by atoms with Crippen LogP contribution in [0.4, 0.5) is 0 Å². The van der Waals surface area contributed by atoms with Crippen LogP contribution in [0, 0.1) is 13.8 Å². The normalized spacial score (nSPS) is 11.9. The molecule has 0 unspecified atom stereocenters. The van der Waals surface area contributed by atoms with E-state index in [9.17, 15) is 8.42 Å². The lowest BCUT2D eigenvalue weighted by atomic mass is 10.3. The van der Waals surface area contributed by atoms with Crippen LogP contribution in [0.2, 0.25) is 0 Å². The van der Waals surface area contributed by atoms with Crippen molar-refractivity contribution in [2.24, 2.45) is 0 Å². The van der Waals surface area contributed by atoms with E-state index in [0.29, 0.717) is 16.4 Å². The quantitative estimate of drug-likeness (QED) is 0.772. The summed E-state index contributed by atoms with van der Waals surface area (Å²) >= 11 is 1.35. The molecule has 0 radical (unpaired) electrons. The van der Waals surface area contributed by atoms with E-state index in [4.69, 9.17) is 8.94 Å². The largest absolute Gasteiger partial charge is 0.465 e. The van der Waals surface area contributed by atoms with Gasteiger partial charge in [0.05, 0.1) is 22.5 Å². The van der Waals surface area contributed by atoms with Gasteiger partial charge in [0.25, 0.3) is 0 Å². The van der Waals surface area contributed by atoms with E-state index in [2.05, 4.69) is 9.88 Å². The molecule has 0 aliphatic rings. The Morgan fingerprint density at radius 1 is 1.27 bits per heavy atom. The summed E-state index contributed by atoms with van der Waals surface area (Å²) in [4.78, 5) is 1.66. The highest BCUT2D eigenvalue weighted by molar-refractivity contribution is 7.89. The van der Waals surface area contributed by atoms with Crippen molar-refractivity contribution in [2.75, 3.05) is 0 Å². The lowest BCUT2D eigenvalue weighted by Gasteiger charge is -2.04. The monoisotopic (exact) mass is 338 g/mol. The molecule has 0 aliphatic heterocycles. The van der Waals surface area contributed by atoms with Crippen LogP contribution in [0.1, 0.15) is 16.4 Å². The van der Waals surface area contributed by atoms with Crippen LogP contribution < -0.4 is 4.72 Å². The molecule has 0 aromatic carbocycles. The molecule has 0 atom stereocenters. The molecule has 3 aromatic heterocycles. The summed E-state index contributed by atoms with van der Waals surface area (Å²) in [6, 6.07) is 6.83. The van der Waals surface area contributed by atoms with E-state index >= 15 is 0 Å². The Kier molecular flexibility index (Phi) is 3.90. The zero-order valence-electron chi connectivity index (χ0n) is 12.0. The Hall–Kier alpha value is -1.90. The molecule has 0 saturated carbocycles. The molecule has 0 saturated heterocycles. The van der Waals surface area contributed by atoms with Crippen molar-refractivity contribution in [1.82, 2.24) is 9.88 Å². The van der Waals surface area contributed by atoms with Crippen LogP contribution in [-0.4, -0.2) is 13.6 Å². The maximum atomic E-state index is 12.4. The number of hydrogen-bond acceptors (Lipinski definition) is 6. The van der Waals surface area contributed by atoms with E-state index in [1.54, 1.807) is 31.2 Å². The predicted octanol–water partition coefficient (Wildman–Crippen LogP) is 3.09. The molecule has 8 heteroatoms. The first-order chi connectivity index (χ1) is 10.5. The maximum Gasteiger partial charge on any atom is 0.242 e. The van der Waals surface area contributed by atoms with Gasteiger partial charge in [-0.15, -0.1) is 11.3 Å². The SMILES string of the molecule is Cc1ccc(CNS(=O)(=O)c2cc(-c3ccno3)sc2C)o1. The second-order valence-electron chi connectivity index (χ2n) is 4.74. The van der Waals surface area contributed by atoms with Crippen LogP contribution in [0.25, 0.3) is 10.6 Å². The second-order valence-corrected chi connectivity index (χ2v) is 7.74. The Balaban J connectivity index is 1.83. The van der Waals surface area contributed by atoms with Gasteiger partial charge in [-0.05, 0) is 32.0 Å². The van der Waals surface area contributed by atoms with Crippen LogP contribution in [0.15, 0.2) is 44.3 Å². The summed E-state index contributed by atoms with van der Waals surface area (Å²) in [6.07, 6.45) is 1.52. The third-order valence-corrected chi connectivity index (χ3v) is 5.80. The third kappa shape index (κ3) is 2.99. The van der Waals surface area contributed by atoms with E-state index in [0.717, 1.165) is 10.6 Å². The number of nitrogens with one attached hydrogen (secondary N) is 1. The first-order valence-corrected chi connectivity index (χ1v) is 8.82. The lowest BCUT2D eigenvalue weighted by Crippen LogP contribution is -2.23. The molecular weight excluding hydrogens is 324 g/mol. The second kappa shape index (κ2) is 5.71. The molecule has 3 heterocycles. The molecule has 6 nitrogen and oxygen atoms in total. The summed E-state index contributed by atoms with van der Waals surface area (Å²) in [5.74, 6) is 1.87. The maximum absolute atomic E-state index is 12.4. The fourth-order valence-electron chi connectivity index (χ4n) is 2.02. The number of nitrogens with zero attached hydrogens (tertiary/aromatic N) is 1. The van der Waals surface area contributed by atoms with Gasteiger partial charge in [0, 0.05) is 10.9 Å². The third-order valence-electron chi connectivity index (χ3n) is 3.07. The molecule has 22 heavy (non-hydrogen) atoms. The summed E-state index contributed by atoms with van der Waals surface area (Å²) in [7, 11) is -3.61. The molecule has 0 bridgehead atoms. The zero-order chi connectivity index (χ0) is 15.7. The summed E-state index contributed by atoms with van der Waals surface area (Å²) < 4.78 is 37.8. The summed E-state index contributed by atoms with van der Waals surface area (Å²) in [5, 5.41) is 3.63. The Bertz CT molecular complexity index is 876. The van der Waals surface area contributed by atoms with Crippen molar-refractivity contribution in [3.05, 3.63) is 46.9 Å². The highest BCUT2D eigenvalue weighted by atomic mass is 32.2. The van der Waals surface area contributed by atoms with Gasteiger partial charge in [-0.2, -0.15) is 0 Å². The van der Waals surface area contributed by atoms with Gasteiger partial charge >= 0.3 is 0 Å². The standard InChI is InChI=1S/C14H14N2O4S2/c1-9-3-4-11(19-9)8-16-22(17,18)14-7-13(21-10(14)2)12-5-6-15-20-12/h3-7,16H,8H2,1-2H3. The van der Waals surface area contributed by atoms with E-state index < -0.39 is 10.0 Å². The number of sulfonamides is 1. The number of furan rings is 1. The number of thiophene rings is 1. The number of rotatable bonds is 5. The molecule has 1 N–H and O–H groups in total. The minimum atomic E-state index is -3.61. The zero-order valence-corrected chi connectivity index (χ0v) is 13.6. The molecule has 0 spiro atoms. The number of hydrogen-bond donors (Lipinski definition) is 1. The van der Waals surface area contributed by atoms with Crippen molar-refractivity contribution in [3.8, 4) is 10.6 Å². The molecule has 0 aliphatic carbocycles. The molecule has 3 rings (SSSR count). The summed E-state index contributed by atoms with van der Waals surface area (Å²) in [6.45, 7) is 3.68. The smallest absolute Gasteiger partial charge is 0.242 e. The van der Waals surface area contributed by atoms with E-state index in [1.807, 2.05) is 6.92 Å². The van der Waals surface area contributed by atoms with Crippen LogP contribution in [-0.2, 0) is 16.6 Å². The molecule has 0 amide bonds. The highest BCUT2D eigenvalue weighted by Gasteiger charge is 2.21. The highest BCUT2D eigenvalue weighted by Crippen LogP contribution is 2.33. The first kappa shape index (κ1) is 15.0. The molecule has 3 aromatic rings. The Morgan fingerprint density at radius 2 is 2.09 bits per heavy atom. The van der Waals surface area contributed by atoms with Crippen molar-refractivity contribution in [1.29, 1.82) is 0 Å². The average molecular weight is 338 g/mol. The van der Waals surface area contributed by atoms with Crippen LogP contribution in [0.5, 0.6) is 0 Å². The minimum absolute atomic E-state index is 0.114. The van der Waals surface area contributed by atoms with Crippen LogP contribution in [0.3, 0.4) is 0 Å². The van der Waals surface area contributed by atoms with Crippen LogP contribution >= 0.6 is 11.3 Å². The fourth-order valence-corrected chi connectivity index (χ4v) is 4.56. The van der Waals surface area contributed by atoms with Gasteiger partial charge in [-0.1, -0.05) is 5.16 Å². The number of aromatic nitrogens is 1. The minimum Gasteiger partial charge on any atom is -0.465 e. The number of aryl methyl sites for hydroxylation is 2. The topological polar surface area (TPSA) is 85.3 Å². The first-order valence-electron chi connectivity index (χ1n) is 6.52. The van der Waals surface area contributed by atoms with Gasteiger partial charge in [0.2, 0.25) is 10.0 Å². The predicted molar refractivity (Wildman–Crippen MR) is 82.0 cm³/mol. The van der Waals surface area contributed by atoms with Crippen molar-refractivity contribution < 1.29 is 17.4 Å². The van der Waals surface area contributed by atoms with Gasteiger partial charge in [-0.3, -0.25) is 0 Å². The molecular formula is C14H14N2O4S2. The lowest BCUT2D eigenvalue weighted by molar-refractivity contribution is 0.433. The Labute approximate surface area is 131 Å². The average Bonchev–Trinajstić information content (AvgIpc) is 3.16. The van der Waals surface area contributed by atoms with Gasteiger partial charge in [0.15, 0.2) is 5.76 Å². The van der Waals surface area contributed by atoms with Gasteiger partial charge < -0.3 is 8.94 Å². The molecule has 116 valence electrons. The van der Waals surface area contributed by atoms with Crippen molar-refractivity contribution >= 4 is 21.4 Å². The van der Waals surface area contributed by atoms with Crippen molar-refractivity contribution in [3.63, 3.8) is 0 Å². The van der Waals surface area contributed by atoms with E-state index in [-0.39, 0.29) is 11.4 Å². The van der Waals surface area contributed by atoms with Crippen molar-refractivity contribution in [2.45, 2.75) is 25.3 Å². The fraction of sp³-hybridized carbons (Fsp3) is 0.214. The molecule has 0 fully saturated rings. The van der Waals surface area contributed by atoms with E-state index in [1.165, 1.54) is 17.5 Å². The van der Waals surface area contributed by atoms with Gasteiger partial charge in [0.1, 0.15) is 11.5 Å². The summed E-state index contributed by atoms with van der Waals surface area (Å²) in [5.41, 5.74) is 0. The Morgan fingerprint density at radius 3 is 2.73 bits per heavy atom.